The Kier molecular flexibility index (Phi) is 8.63. The molecule has 0 aromatic rings. The Morgan fingerprint density at radius 2 is 1.97 bits per heavy atom. The van der Waals surface area contributed by atoms with Gasteiger partial charge in [-0.05, 0) is 18.8 Å². The van der Waals surface area contributed by atoms with Crippen LogP contribution in [-0.4, -0.2) is 68.1 Å². The third-order valence-corrected chi connectivity index (χ3v) is 5.67. The number of hydrogen-bond acceptors (Lipinski definition) is 7. The van der Waals surface area contributed by atoms with E-state index in [1.807, 2.05) is 34.6 Å². The smallest absolute Gasteiger partial charge is 0.417 e. The maximum atomic E-state index is 12.6. The minimum atomic E-state index is -0.596. The Balaban J connectivity index is 2.08. The van der Waals surface area contributed by atoms with Crippen LogP contribution in [0.5, 0.6) is 0 Å². The zero-order chi connectivity index (χ0) is 21.6. The van der Waals surface area contributed by atoms with E-state index in [0.29, 0.717) is 6.61 Å². The van der Waals surface area contributed by atoms with Crippen LogP contribution in [0.2, 0.25) is 0 Å². The van der Waals surface area contributed by atoms with Crippen molar-refractivity contribution in [3.63, 3.8) is 0 Å². The van der Waals surface area contributed by atoms with E-state index in [1.165, 1.54) is 11.0 Å². The van der Waals surface area contributed by atoms with Crippen molar-refractivity contribution >= 4 is 12.0 Å². The standard InChI is InChI=1S/C21H35NO7/c1-7-21(8-2)28-12-17(29-21)19(27-13-25-6)15(5)9-10-18(23)22-16(14(3)4)11-26-20(22)24/h9-10,14-17,19H,7-8,11-13H2,1-6H3/b10-9+/t15-,16+,17+,19-/m0/s1. The van der Waals surface area contributed by atoms with E-state index in [4.69, 9.17) is 23.7 Å². The number of hydrogen-bond donors (Lipinski definition) is 0. The highest BCUT2D eigenvalue weighted by molar-refractivity contribution is 5.99. The lowest BCUT2D eigenvalue weighted by Gasteiger charge is -2.29. The molecule has 8 heteroatoms. The molecule has 0 aliphatic carbocycles. The quantitative estimate of drug-likeness (QED) is 0.402. The molecule has 0 aromatic heterocycles. The van der Waals surface area contributed by atoms with Crippen LogP contribution < -0.4 is 0 Å². The number of rotatable bonds is 10. The maximum Gasteiger partial charge on any atom is 0.417 e. The topological polar surface area (TPSA) is 83.5 Å². The van der Waals surface area contributed by atoms with Gasteiger partial charge in [0.2, 0.25) is 0 Å². The predicted molar refractivity (Wildman–Crippen MR) is 106 cm³/mol. The van der Waals surface area contributed by atoms with Gasteiger partial charge in [0.15, 0.2) is 5.79 Å². The fraction of sp³-hybridized carbons (Fsp3) is 0.810. The third-order valence-electron chi connectivity index (χ3n) is 5.67. The molecule has 0 N–H and O–H groups in total. The Hall–Kier alpha value is -1.48. The van der Waals surface area contributed by atoms with Gasteiger partial charge >= 0.3 is 6.09 Å². The van der Waals surface area contributed by atoms with Crippen LogP contribution >= 0.6 is 0 Å². The van der Waals surface area contributed by atoms with Crippen LogP contribution in [0, 0.1) is 11.8 Å². The summed E-state index contributed by atoms with van der Waals surface area (Å²) in [4.78, 5) is 25.8. The lowest BCUT2D eigenvalue weighted by Crippen LogP contribution is -2.41. The van der Waals surface area contributed by atoms with E-state index in [-0.39, 0.29) is 49.4 Å². The van der Waals surface area contributed by atoms with Gasteiger partial charge in [0.05, 0.1) is 18.8 Å². The summed E-state index contributed by atoms with van der Waals surface area (Å²) in [6.07, 6.45) is 3.42. The van der Waals surface area contributed by atoms with Crippen molar-refractivity contribution in [2.75, 3.05) is 27.1 Å². The number of cyclic esters (lactones) is 1. The van der Waals surface area contributed by atoms with Crippen LogP contribution in [0.25, 0.3) is 0 Å². The van der Waals surface area contributed by atoms with Gasteiger partial charge in [0.25, 0.3) is 5.91 Å². The summed E-state index contributed by atoms with van der Waals surface area (Å²) in [5, 5.41) is 0. The first-order valence-electron chi connectivity index (χ1n) is 10.4. The van der Waals surface area contributed by atoms with Gasteiger partial charge in [0.1, 0.15) is 19.5 Å². The van der Waals surface area contributed by atoms with Crippen LogP contribution in [0.15, 0.2) is 12.2 Å². The van der Waals surface area contributed by atoms with Crippen LogP contribution in [-0.2, 0) is 28.5 Å². The van der Waals surface area contributed by atoms with Crippen molar-refractivity contribution in [2.45, 2.75) is 71.5 Å². The highest BCUT2D eigenvalue weighted by Crippen LogP contribution is 2.34. The lowest BCUT2D eigenvalue weighted by molar-refractivity contribution is -0.196. The Morgan fingerprint density at radius 1 is 1.28 bits per heavy atom. The SMILES string of the molecule is CCC1(CC)OC[C@H]([C@@H](OCOC)[C@@H](C)/C=C/C(=O)N2C(=O)OC[C@@H]2C(C)C)O1. The van der Waals surface area contributed by atoms with E-state index in [9.17, 15) is 9.59 Å². The summed E-state index contributed by atoms with van der Waals surface area (Å²) < 4.78 is 28.1. The van der Waals surface area contributed by atoms with Crippen LogP contribution in [0.4, 0.5) is 4.79 Å². The second kappa shape index (κ2) is 10.5. The zero-order valence-electron chi connectivity index (χ0n) is 18.4. The maximum absolute atomic E-state index is 12.6. The first-order valence-corrected chi connectivity index (χ1v) is 10.4. The highest BCUT2D eigenvalue weighted by Gasteiger charge is 2.43. The summed E-state index contributed by atoms with van der Waals surface area (Å²) in [6.45, 7) is 10.7. The molecule has 2 heterocycles. The summed E-state index contributed by atoms with van der Waals surface area (Å²) in [7, 11) is 1.56. The fourth-order valence-electron chi connectivity index (χ4n) is 3.71. The molecule has 2 fully saturated rings. The van der Waals surface area contributed by atoms with Gasteiger partial charge in [-0.2, -0.15) is 0 Å². The van der Waals surface area contributed by atoms with E-state index < -0.39 is 11.9 Å². The molecule has 0 unspecified atom stereocenters. The molecule has 0 spiro atoms. The molecular weight excluding hydrogens is 378 g/mol. The molecule has 0 aromatic carbocycles. The second-order valence-electron chi connectivity index (χ2n) is 7.94. The van der Waals surface area contributed by atoms with Crippen molar-refractivity contribution in [2.24, 2.45) is 11.8 Å². The van der Waals surface area contributed by atoms with Gasteiger partial charge in [-0.15, -0.1) is 0 Å². The van der Waals surface area contributed by atoms with Gasteiger partial charge in [-0.1, -0.05) is 40.7 Å². The average molecular weight is 414 g/mol. The van der Waals surface area contributed by atoms with Crippen molar-refractivity contribution < 1.29 is 33.3 Å². The Labute approximate surface area is 173 Å². The molecule has 166 valence electrons. The van der Waals surface area contributed by atoms with Gasteiger partial charge in [-0.25, -0.2) is 9.69 Å². The number of methoxy groups -OCH3 is 1. The molecule has 8 nitrogen and oxygen atoms in total. The van der Waals surface area contributed by atoms with E-state index in [2.05, 4.69) is 0 Å². The lowest BCUT2D eigenvalue weighted by atomic mass is 9.98. The Morgan fingerprint density at radius 3 is 2.52 bits per heavy atom. The first-order chi connectivity index (χ1) is 13.8. The summed E-state index contributed by atoms with van der Waals surface area (Å²) in [5.41, 5.74) is 0. The number of ether oxygens (including phenoxy) is 5. The minimum absolute atomic E-state index is 0.107. The Bertz CT molecular complexity index is 588. The first kappa shape index (κ1) is 23.8. The van der Waals surface area contributed by atoms with Gasteiger partial charge in [-0.3, -0.25) is 4.79 Å². The molecule has 0 radical (unpaired) electrons. The van der Waals surface area contributed by atoms with Gasteiger partial charge < -0.3 is 23.7 Å². The molecule has 2 aliphatic rings. The summed E-state index contributed by atoms with van der Waals surface area (Å²) >= 11 is 0. The van der Waals surface area contributed by atoms with Crippen LogP contribution in [0.1, 0.15) is 47.5 Å². The molecule has 0 saturated carbocycles. The molecule has 2 rings (SSSR count). The monoisotopic (exact) mass is 413 g/mol. The zero-order valence-corrected chi connectivity index (χ0v) is 18.4. The fourth-order valence-corrected chi connectivity index (χ4v) is 3.71. The van der Waals surface area contributed by atoms with Crippen molar-refractivity contribution in [1.82, 2.24) is 4.90 Å². The summed E-state index contributed by atoms with van der Waals surface area (Å²) in [5.74, 6) is -1.02. The largest absolute Gasteiger partial charge is 0.447 e. The predicted octanol–water partition coefficient (Wildman–Crippen LogP) is 3.10. The number of carbonyl (C=O) groups is 2. The molecule has 2 amide bonds. The molecule has 4 atom stereocenters. The van der Waals surface area contributed by atoms with E-state index in [1.54, 1.807) is 13.2 Å². The van der Waals surface area contributed by atoms with Crippen molar-refractivity contribution in [3.05, 3.63) is 12.2 Å². The van der Waals surface area contributed by atoms with Gasteiger partial charge in [0, 0.05) is 19.1 Å². The van der Waals surface area contributed by atoms with Crippen LogP contribution in [0.3, 0.4) is 0 Å². The molecule has 29 heavy (non-hydrogen) atoms. The number of nitrogens with zero attached hydrogens (tertiary/aromatic N) is 1. The molecular formula is C21H35NO7. The second-order valence-corrected chi connectivity index (χ2v) is 7.94. The molecule has 2 aliphatic heterocycles. The highest BCUT2D eigenvalue weighted by atomic mass is 16.8. The average Bonchev–Trinajstić information content (AvgIpc) is 3.31. The molecule has 2 saturated heterocycles. The number of imide groups is 1. The van der Waals surface area contributed by atoms with Crippen molar-refractivity contribution in [3.8, 4) is 0 Å². The van der Waals surface area contributed by atoms with E-state index >= 15 is 0 Å². The number of amides is 2. The van der Waals surface area contributed by atoms with Crippen molar-refractivity contribution in [1.29, 1.82) is 0 Å². The normalized spacial score (nSPS) is 26.3. The third kappa shape index (κ3) is 5.57. The minimum Gasteiger partial charge on any atom is -0.447 e. The molecule has 0 bridgehead atoms. The number of carbonyl (C=O) groups excluding carboxylic acids is 2. The summed E-state index contributed by atoms with van der Waals surface area (Å²) in [6, 6.07) is -0.253. The van der Waals surface area contributed by atoms with E-state index in [0.717, 1.165) is 12.8 Å².